The van der Waals surface area contributed by atoms with Crippen LogP contribution in [0.1, 0.15) is 57.3 Å². The second kappa shape index (κ2) is 6.25. The van der Waals surface area contributed by atoms with Gasteiger partial charge >= 0.3 is 13.1 Å². The summed E-state index contributed by atoms with van der Waals surface area (Å²) in [5, 5.41) is 9.28. The molecule has 0 amide bonds. The van der Waals surface area contributed by atoms with E-state index in [1.807, 2.05) is 39.8 Å². The Morgan fingerprint density at radius 1 is 1.00 bits per heavy atom. The zero-order valence-electron chi connectivity index (χ0n) is 15.2. The average Bonchev–Trinajstić information content (AvgIpc) is 3.10. The summed E-state index contributed by atoms with van der Waals surface area (Å²) in [7, 11) is -0.465. The maximum absolute atomic E-state index is 12.7. The Labute approximate surface area is 148 Å². The summed E-state index contributed by atoms with van der Waals surface area (Å²) < 4.78 is 12.0. The van der Waals surface area contributed by atoms with Crippen molar-refractivity contribution in [3.63, 3.8) is 0 Å². The fourth-order valence-electron chi connectivity index (χ4n) is 3.57. The molecular weight excluding hydrogens is 319 g/mol. The number of benzene rings is 1. The van der Waals surface area contributed by atoms with Crippen molar-refractivity contribution in [1.29, 1.82) is 0 Å². The largest absolute Gasteiger partial charge is 0.494 e. The molecule has 0 radical (unpaired) electrons. The van der Waals surface area contributed by atoms with Crippen LogP contribution in [-0.2, 0) is 14.1 Å². The Morgan fingerprint density at radius 2 is 1.52 bits per heavy atom. The zero-order valence-corrected chi connectivity index (χ0v) is 15.2. The summed E-state index contributed by atoms with van der Waals surface area (Å²) in [6.07, 6.45) is 2.02. The summed E-state index contributed by atoms with van der Waals surface area (Å²) in [5.41, 5.74) is 0.588. The molecule has 0 spiro atoms. The van der Waals surface area contributed by atoms with Crippen LogP contribution in [0.2, 0.25) is 0 Å². The van der Waals surface area contributed by atoms with Gasteiger partial charge in [-0.2, -0.15) is 0 Å². The minimum absolute atomic E-state index is 0.0784. The number of carboxylic acid groups (broad SMARTS) is 1. The summed E-state index contributed by atoms with van der Waals surface area (Å²) in [6.45, 7) is 7.99. The minimum atomic E-state index is -0.871. The van der Waals surface area contributed by atoms with Crippen LogP contribution in [0.25, 0.3) is 0 Å². The van der Waals surface area contributed by atoms with E-state index in [9.17, 15) is 14.7 Å². The lowest BCUT2D eigenvalue weighted by Gasteiger charge is -2.32. The predicted octanol–water partition coefficient (Wildman–Crippen LogP) is 2.67. The molecule has 0 unspecified atom stereocenters. The van der Waals surface area contributed by atoms with Crippen LogP contribution in [0.3, 0.4) is 0 Å². The van der Waals surface area contributed by atoms with Gasteiger partial charge in [0.15, 0.2) is 5.78 Å². The standard InChI is InChI=1S/C19H25BO5/c1-18(2)19(3,4)25-20(24-18)13-10-8-12(9-11-13)16(21)14-6-5-7-15(14)17(22)23/h8-11,14-15H,5-7H2,1-4H3,(H,22,23)/t14-,15-/m0/s1. The molecule has 6 heteroatoms. The Morgan fingerprint density at radius 3 is 2.04 bits per heavy atom. The van der Waals surface area contributed by atoms with E-state index >= 15 is 0 Å². The van der Waals surface area contributed by atoms with Crippen LogP contribution in [0.5, 0.6) is 0 Å². The predicted molar refractivity (Wildman–Crippen MR) is 95.0 cm³/mol. The van der Waals surface area contributed by atoms with E-state index in [4.69, 9.17) is 9.31 Å². The molecule has 134 valence electrons. The molecule has 1 aromatic carbocycles. The zero-order chi connectivity index (χ0) is 18.4. The van der Waals surface area contributed by atoms with E-state index in [0.29, 0.717) is 18.4 Å². The number of hydrogen-bond acceptors (Lipinski definition) is 4. The lowest BCUT2D eigenvalue weighted by Crippen LogP contribution is -2.41. The van der Waals surface area contributed by atoms with Crippen molar-refractivity contribution in [1.82, 2.24) is 0 Å². The van der Waals surface area contributed by atoms with Gasteiger partial charge in [-0.25, -0.2) is 0 Å². The molecule has 3 rings (SSSR count). The summed E-state index contributed by atoms with van der Waals surface area (Å²) in [4.78, 5) is 24.0. The lowest BCUT2D eigenvalue weighted by molar-refractivity contribution is -0.142. The molecule has 1 heterocycles. The van der Waals surface area contributed by atoms with Gasteiger partial charge in [0.05, 0.1) is 17.1 Å². The minimum Gasteiger partial charge on any atom is -0.481 e. The fourth-order valence-corrected chi connectivity index (χ4v) is 3.57. The van der Waals surface area contributed by atoms with Crippen LogP contribution in [0.15, 0.2) is 24.3 Å². The van der Waals surface area contributed by atoms with Gasteiger partial charge in [-0.3, -0.25) is 9.59 Å². The van der Waals surface area contributed by atoms with Gasteiger partial charge in [-0.1, -0.05) is 30.7 Å². The number of Topliss-reactive ketones (excluding diaryl/α,β-unsaturated/α-hetero) is 1. The highest BCUT2D eigenvalue weighted by molar-refractivity contribution is 6.62. The number of carboxylic acids is 1. The third kappa shape index (κ3) is 3.25. The van der Waals surface area contributed by atoms with E-state index in [-0.39, 0.29) is 5.78 Å². The van der Waals surface area contributed by atoms with Gasteiger partial charge in [0.2, 0.25) is 0 Å². The number of hydrogen-bond donors (Lipinski definition) is 1. The number of carbonyl (C=O) groups excluding carboxylic acids is 1. The van der Waals surface area contributed by atoms with Crippen molar-refractivity contribution in [2.45, 2.75) is 58.2 Å². The van der Waals surface area contributed by atoms with Crippen molar-refractivity contribution in [2.24, 2.45) is 11.8 Å². The number of carbonyl (C=O) groups is 2. The molecule has 1 saturated carbocycles. The van der Waals surface area contributed by atoms with Crippen LogP contribution >= 0.6 is 0 Å². The van der Waals surface area contributed by atoms with Gasteiger partial charge in [0.25, 0.3) is 0 Å². The van der Waals surface area contributed by atoms with Crippen molar-refractivity contribution in [3.05, 3.63) is 29.8 Å². The third-order valence-corrected chi connectivity index (χ3v) is 5.89. The molecular formula is C19H25BO5. The Hall–Kier alpha value is -1.66. The van der Waals surface area contributed by atoms with E-state index < -0.39 is 36.1 Å². The maximum atomic E-state index is 12.7. The SMILES string of the molecule is CC1(C)OB(c2ccc(C(=O)[C@H]3CCC[C@@H]3C(=O)O)cc2)OC1(C)C. The molecule has 1 aliphatic carbocycles. The first-order chi connectivity index (χ1) is 11.6. The molecule has 1 aromatic rings. The molecule has 1 saturated heterocycles. The summed E-state index contributed by atoms with van der Waals surface area (Å²) >= 11 is 0. The second-order valence-electron chi connectivity index (χ2n) is 8.06. The number of rotatable bonds is 4. The normalized spacial score (nSPS) is 27.4. The molecule has 2 aliphatic rings. The molecule has 2 fully saturated rings. The molecule has 5 nitrogen and oxygen atoms in total. The van der Waals surface area contributed by atoms with Crippen molar-refractivity contribution < 1.29 is 24.0 Å². The van der Waals surface area contributed by atoms with Crippen LogP contribution in [0.4, 0.5) is 0 Å². The van der Waals surface area contributed by atoms with Gasteiger partial charge in [-0.05, 0) is 46.0 Å². The number of aliphatic carboxylic acids is 1. The molecule has 25 heavy (non-hydrogen) atoms. The number of ketones is 1. The lowest BCUT2D eigenvalue weighted by atomic mass is 9.78. The quantitative estimate of drug-likeness (QED) is 0.672. The third-order valence-electron chi connectivity index (χ3n) is 5.89. The van der Waals surface area contributed by atoms with Crippen LogP contribution in [0, 0.1) is 11.8 Å². The highest BCUT2D eigenvalue weighted by atomic mass is 16.7. The van der Waals surface area contributed by atoms with Crippen molar-refractivity contribution >= 4 is 24.3 Å². The first-order valence-electron chi connectivity index (χ1n) is 8.85. The molecule has 0 bridgehead atoms. The molecule has 2 atom stereocenters. The second-order valence-corrected chi connectivity index (χ2v) is 8.06. The van der Waals surface area contributed by atoms with Crippen molar-refractivity contribution in [2.75, 3.05) is 0 Å². The van der Waals surface area contributed by atoms with Gasteiger partial charge in [-0.15, -0.1) is 0 Å². The van der Waals surface area contributed by atoms with E-state index in [2.05, 4.69) is 0 Å². The van der Waals surface area contributed by atoms with Crippen LogP contribution < -0.4 is 5.46 Å². The maximum Gasteiger partial charge on any atom is 0.494 e. The molecule has 1 aliphatic heterocycles. The van der Waals surface area contributed by atoms with Crippen LogP contribution in [-0.4, -0.2) is 35.2 Å². The van der Waals surface area contributed by atoms with Gasteiger partial charge in [0.1, 0.15) is 0 Å². The Balaban J connectivity index is 1.75. The van der Waals surface area contributed by atoms with E-state index in [0.717, 1.165) is 11.9 Å². The molecule has 1 N–H and O–H groups in total. The van der Waals surface area contributed by atoms with Gasteiger partial charge in [0, 0.05) is 11.5 Å². The van der Waals surface area contributed by atoms with E-state index in [1.165, 1.54) is 0 Å². The highest BCUT2D eigenvalue weighted by Gasteiger charge is 2.51. The molecule has 0 aromatic heterocycles. The highest BCUT2D eigenvalue weighted by Crippen LogP contribution is 2.37. The monoisotopic (exact) mass is 344 g/mol. The van der Waals surface area contributed by atoms with Crippen molar-refractivity contribution in [3.8, 4) is 0 Å². The summed E-state index contributed by atoms with van der Waals surface area (Å²) in [5.74, 6) is -1.93. The van der Waals surface area contributed by atoms with Gasteiger partial charge < -0.3 is 14.4 Å². The topological polar surface area (TPSA) is 72.8 Å². The average molecular weight is 344 g/mol. The first-order valence-corrected chi connectivity index (χ1v) is 8.85. The first kappa shape index (κ1) is 18.1. The Bertz CT molecular complexity index is 664. The van der Waals surface area contributed by atoms with E-state index in [1.54, 1.807) is 12.1 Å². The smallest absolute Gasteiger partial charge is 0.481 e. The summed E-state index contributed by atoms with van der Waals surface area (Å²) in [6, 6.07) is 7.17. The Kier molecular flexibility index (Phi) is 4.54. The fraction of sp³-hybridized carbons (Fsp3) is 0.579.